The van der Waals surface area contributed by atoms with Crippen molar-refractivity contribution < 1.29 is 9.59 Å². The standard InChI is InChI=1S/C12H11N3O2/c13-12(17)7-11(16)9-1-3-10(4-2-9)15-6-5-14-8-15/h1-6,8H,7H2,(H2,13,17). The van der Waals surface area contributed by atoms with Crippen molar-refractivity contribution in [3.63, 3.8) is 0 Å². The topological polar surface area (TPSA) is 78.0 Å². The lowest BCUT2D eigenvalue weighted by Gasteiger charge is -2.03. The summed E-state index contributed by atoms with van der Waals surface area (Å²) in [5.74, 6) is -0.886. The lowest BCUT2D eigenvalue weighted by molar-refractivity contribution is -0.117. The molecule has 0 aliphatic rings. The van der Waals surface area contributed by atoms with Crippen LogP contribution in [-0.4, -0.2) is 21.2 Å². The molecule has 1 aromatic carbocycles. The maximum atomic E-state index is 11.5. The molecule has 86 valence electrons. The first-order valence-corrected chi connectivity index (χ1v) is 5.07. The third kappa shape index (κ3) is 2.57. The van der Waals surface area contributed by atoms with Gasteiger partial charge in [-0.25, -0.2) is 4.98 Å². The summed E-state index contributed by atoms with van der Waals surface area (Å²) < 4.78 is 1.82. The molecule has 0 fully saturated rings. The van der Waals surface area contributed by atoms with Crippen molar-refractivity contribution in [2.45, 2.75) is 6.42 Å². The lowest BCUT2D eigenvalue weighted by Crippen LogP contribution is -2.16. The number of nitrogens with two attached hydrogens (primary N) is 1. The van der Waals surface area contributed by atoms with E-state index in [0.717, 1.165) is 5.69 Å². The molecule has 0 aliphatic heterocycles. The second-order valence-electron chi connectivity index (χ2n) is 3.58. The first-order chi connectivity index (χ1) is 8.16. The highest BCUT2D eigenvalue weighted by Crippen LogP contribution is 2.10. The monoisotopic (exact) mass is 229 g/mol. The van der Waals surface area contributed by atoms with Crippen molar-refractivity contribution in [3.8, 4) is 5.69 Å². The minimum absolute atomic E-state index is 0.260. The fourth-order valence-corrected chi connectivity index (χ4v) is 1.49. The summed E-state index contributed by atoms with van der Waals surface area (Å²) in [5, 5.41) is 0. The minimum atomic E-state index is -0.617. The van der Waals surface area contributed by atoms with E-state index in [-0.39, 0.29) is 12.2 Å². The highest BCUT2D eigenvalue weighted by Gasteiger charge is 2.08. The third-order valence-corrected chi connectivity index (χ3v) is 2.33. The molecule has 0 spiro atoms. The molecule has 0 bridgehead atoms. The summed E-state index contributed by atoms with van der Waals surface area (Å²) in [6.45, 7) is 0. The molecule has 1 heterocycles. The summed E-state index contributed by atoms with van der Waals surface area (Å²) in [7, 11) is 0. The summed E-state index contributed by atoms with van der Waals surface area (Å²) in [5.41, 5.74) is 6.35. The van der Waals surface area contributed by atoms with Gasteiger partial charge in [0.05, 0.1) is 12.7 Å². The number of Topliss-reactive ketones (excluding diaryl/α,β-unsaturated/α-hetero) is 1. The number of aromatic nitrogens is 2. The van der Waals surface area contributed by atoms with Crippen LogP contribution in [0.25, 0.3) is 5.69 Å². The molecule has 0 radical (unpaired) electrons. The molecule has 2 aromatic rings. The Morgan fingerprint density at radius 2 is 1.94 bits per heavy atom. The number of primary amides is 1. The maximum Gasteiger partial charge on any atom is 0.225 e. The van der Waals surface area contributed by atoms with Crippen LogP contribution < -0.4 is 5.73 Å². The van der Waals surface area contributed by atoms with E-state index < -0.39 is 5.91 Å². The maximum absolute atomic E-state index is 11.5. The number of nitrogens with zero attached hydrogens (tertiary/aromatic N) is 2. The Morgan fingerprint density at radius 1 is 1.24 bits per heavy atom. The number of amides is 1. The average molecular weight is 229 g/mol. The number of rotatable bonds is 4. The Morgan fingerprint density at radius 3 is 2.47 bits per heavy atom. The van der Waals surface area contributed by atoms with Gasteiger partial charge in [0.2, 0.25) is 5.91 Å². The number of carbonyl (C=O) groups is 2. The van der Waals surface area contributed by atoms with Gasteiger partial charge in [0.25, 0.3) is 0 Å². The van der Waals surface area contributed by atoms with E-state index in [9.17, 15) is 9.59 Å². The van der Waals surface area contributed by atoms with Gasteiger partial charge in [-0.3, -0.25) is 9.59 Å². The van der Waals surface area contributed by atoms with Gasteiger partial charge < -0.3 is 10.3 Å². The van der Waals surface area contributed by atoms with E-state index in [0.29, 0.717) is 5.56 Å². The normalized spacial score (nSPS) is 10.1. The zero-order valence-corrected chi connectivity index (χ0v) is 9.04. The summed E-state index contributed by atoms with van der Waals surface area (Å²) in [4.78, 5) is 26.1. The zero-order chi connectivity index (χ0) is 12.3. The fourth-order valence-electron chi connectivity index (χ4n) is 1.49. The minimum Gasteiger partial charge on any atom is -0.369 e. The smallest absolute Gasteiger partial charge is 0.225 e. The van der Waals surface area contributed by atoms with Gasteiger partial charge >= 0.3 is 0 Å². The molecular formula is C12H11N3O2. The van der Waals surface area contributed by atoms with E-state index in [2.05, 4.69) is 4.98 Å². The van der Waals surface area contributed by atoms with Gasteiger partial charge in [0, 0.05) is 23.6 Å². The largest absolute Gasteiger partial charge is 0.369 e. The third-order valence-electron chi connectivity index (χ3n) is 2.33. The molecule has 0 aliphatic carbocycles. The number of hydrogen-bond donors (Lipinski definition) is 1. The summed E-state index contributed by atoms with van der Waals surface area (Å²) in [6, 6.07) is 6.91. The molecule has 5 nitrogen and oxygen atoms in total. The number of imidazole rings is 1. The van der Waals surface area contributed by atoms with Gasteiger partial charge in [0.1, 0.15) is 0 Å². The molecule has 5 heteroatoms. The Labute approximate surface area is 97.9 Å². The van der Waals surface area contributed by atoms with E-state index in [1.807, 2.05) is 4.57 Å². The number of ketones is 1. The second-order valence-corrected chi connectivity index (χ2v) is 3.58. The van der Waals surface area contributed by atoms with Crippen LogP contribution in [0.3, 0.4) is 0 Å². The predicted octanol–water partition coefficient (Wildman–Crippen LogP) is 0.930. The molecule has 0 atom stereocenters. The van der Waals surface area contributed by atoms with E-state index in [1.54, 1.807) is 43.0 Å². The van der Waals surface area contributed by atoms with Gasteiger partial charge in [-0.15, -0.1) is 0 Å². The fraction of sp³-hybridized carbons (Fsp3) is 0.0833. The highest BCUT2D eigenvalue weighted by molar-refractivity contribution is 6.06. The van der Waals surface area contributed by atoms with Crippen LogP contribution in [0.5, 0.6) is 0 Å². The van der Waals surface area contributed by atoms with Crippen LogP contribution in [0.4, 0.5) is 0 Å². The van der Waals surface area contributed by atoms with Crippen molar-refractivity contribution in [1.29, 1.82) is 0 Å². The Kier molecular flexibility index (Phi) is 3.00. The first-order valence-electron chi connectivity index (χ1n) is 5.07. The molecule has 2 N–H and O–H groups in total. The number of carbonyl (C=O) groups excluding carboxylic acids is 2. The predicted molar refractivity (Wildman–Crippen MR) is 61.7 cm³/mol. The highest BCUT2D eigenvalue weighted by atomic mass is 16.2. The van der Waals surface area contributed by atoms with Gasteiger partial charge in [-0.05, 0) is 24.3 Å². The number of hydrogen-bond acceptors (Lipinski definition) is 3. The molecule has 2 rings (SSSR count). The van der Waals surface area contributed by atoms with Crippen molar-refractivity contribution in [2.75, 3.05) is 0 Å². The Bertz CT molecular complexity index is 529. The van der Waals surface area contributed by atoms with Crippen LogP contribution in [0.1, 0.15) is 16.8 Å². The van der Waals surface area contributed by atoms with Crippen molar-refractivity contribution in [2.24, 2.45) is 5.73 Å². The van der Waals surface area contributed by atoms with Gasteiger partial charge in [0.15, 0.2) is 5.78 Å². The van der Waals surface area contributed by atoms with Crippen molar-refractivity contribution in [1.82, 2.24) is 9.55 Å². The van der Waals surface area contributed by atoms with Gasteiger partial charge in [-0.1, -0.05) is 0 Å². The average Bonchev–Trinajstić information content (AvgIpc) is 2.82. The first kappa shape index (κ1) is 11.1. The van der Waals surface area contributed by atoms with Crippen LogP contribution in [0.15, 0.2) is 43.0 Å². The molecule has 1 amide bonds. The Balaban J connectivity index is 2.19. The second kappa shape index (κ2) is 4.61. The zero-order valence-electron chi connectivity index (χ0n) is 9.04. The van der Waals surface area contributed by atoms with Crippen molar-refractivity contribution in [3.05, 3.63) is 48.5 Å². The quantitative estimate of drug-likeness (QED) is 0.625. The van der Waals surface area contributed by atoms with E-state index in [4.69, 9.17) is 5.73 Å². The summed E-state index contributed by atoms with van der Waals surface area (Å²) in [6.07, 6.45) is 4.89. The van der Waals surface area contributed by atoms with Crippen LogP contribution in [0, 0.1) is 0 Å². The lowest BCUT2D eigenvalue weighted by atomic mass is 10.1. The summed E-state index contributed by atoms with van der Waals surface area (Å²) >= 11 is 0. The molecule has 1 aromatic heterocycles. The molecular weight excluding hydrogens is 218 g/mol. The molecule has 0 unspecified atom stereocenters. The van der Waals surface area contributed by atoms with E-state index >= 15 is 0 Å². The number of benzene rings is 1. The molecule has 0 saturated heterocycles. The van der Waals surface area contributed by atoms with Crippen molar-refractivity contribution >= 4 is 11.7 Å². The SMILES string of the molecule is NC(=O)CC(=O)c1ccc(-n2ccnc2)cc1. The molecule has 0 saturated carbocycles. The van der Waals surface area contributed by atoms with Gasteiger partial charge in [-0.2, -0.15) is 0 Å². The van der Waals surface area contributed by atoms with E-state index in [1.165, 1.54) is 0 Å². The van der Waals surface area contributed by atoms with Crippen LogP contribution in [0.2, 0.25) is 0 Å². The Hall–Kier alpha value is -2.43. The van der Waals surface area contributed by atoms with Crippen LogP contribution in [-0.2, 0) is 4.79 Å². The van der Waals surface area contributed by atoms with Crippen LogP contribution >= 0.6 is 0 Å². The molecule has 17 heavy (non-hydrogen) atoms.